The zero-order valence-corrected chi connectivity index (χ0v) is 16.4. The van der Waals surface area contributed by atoms with Crippen LogP contribution in [0.25, 0.3) is 9.65 Å². The number of carbonyl (C=O) groups excluding carboxylic acids is 1. The van der Waals surface area contributed by atoms with Gasteiger partial charge in [0.1, 0.15) is 0 Å². The first-order chi connectivity index (χ1) is 13.1. The van der Waals surface area contributed by atoms with Gasteiger partial charge < -0.3 is 0 Å². The van der Waals surface area contributed by atoms with E-state index in [1.807, 2.05) is 18.2 Å². The van der Waals surface area contributed by atoms with E-state index in [0.717, 1.165) is 31.7 Å². The van der Waals surface area contributed by atoms with Crippen molar-refractivity contribution in [3.8, 4) is 0 Å². The van der Waals surface area contributed by atoms with Crippen molar-refractivity contribution in [3.05, 3.63) is 70.0 Å². The minimum absolute atomic E-state index is 0.0278. The number of nitrogens with one attached hydrogen (secondary N) is 1. The summed E-state index contributed by atoms with van der Waals surface area (Å²) < 4.78 is 29.2. The van der Waals surface area contributed by atoms with Crippen molar-refractivity contribution in [2.75, 3.05) is 6.54 Å². The topological polar surface area (TPSA) is 51.1 Å². The summed E-state index contributed by atoms with van der Waals surface area (Å²) in [5.41, 5.74) is 0.313. The maximum atomic E-state index is 13.8. The molecule has 4 nitrogen and oxygen atoms in total. The summed E-state index contributed by atoms with van der Waals surface area (Å²) in [6.07, 6.45) is 3.50. The zero-order valence-electron chi connectivity index (χ0n) is 14.7. The van der Waals surface area contributed by atoms with E-state index in [9.17, 15) is 18.4 Å². The van der Waals surface area contributed by atoms with Crippen LogP contribution in [0.15, 0.2) is 47.3 Å². The summed E-state index contributed by atoms with van der Waals surface area (Å²) in [6.45, 7) is 1.15. The third kappa shape index (κ3) is 4.93. The van der Waals surface area contributed by atoms with Gasteiger partial charge >= 0.3 is 155 Å². The normalized spacial score (nSPS) is 11.0. The first kappa shape index (κ1) is 19.5. The van der Waals surface area contributed by atoms with Gasteiger partial charge in [-0.3, -0.25) is 0 Å². The molecule has 1 heterocycles. The van der Waals surface area contributed by atoms with Gasteiger partial charge in [0.15, 0.2) is 0 Å². The van der Waals surface area contributed by atoms with Gasteiger partial charge in [0, 0.05) is 0 Å². The van der Waals surface area contributed by atoms with Crippen molar-refractivity contribution in [2.24, 2.45) is 0 Å². The van der Waals surface area contributed by atoms with E-state index < -0.39 is 11.6 Å². The fourth-order valence-corrected chi connectivity index (χ4v) is 5.14. The third-order valence-electron chi connectivity index (χ3n) is 4.28. The number of fused-ring (bicyclic) bond motifs is 1. The van der Waals surface area contributed by atoms with Gasteiger partial charge in [0.2, 0.25) is 0 Å². The second kappa shape index (κ2) is 9.11. The molecular formula is C20H20F2N2O2Se. The second-order valence-electron chi connectivity index (χ2n) is 6.30. The Labute approximate surface area is 161 Å². The van der Waals surface area contributed by atoms with Crippen LogP contribution < -0.4 is 10.9 Å². The third-order valence-corrected chi connectivity index (χ3v) is 6.56. The molecular weight excluding hydrogens is 417 g/mol. The molecule has 2 aromatic carbocycles. The van der Waals surface area contributed by atoms with Crippen LogP contribution in [0.5, 0.6) is 0 Å². The number of benzene rings is 2. The van der Waals surface area contributed by atoms with Crippen molar-refractivity contribution in [1.82, 2.24) is 8.88 Å². The molecule has 0 aliphatic rings. The number of amides is 1. The number of aromatic nitrogens is 1. The number of unbranched alkanes of at least 4 members (excludes halogenated alkanes) is 3. The Kier molecular flexibility index (Phi) is 6.58. The molecule has 0 spiro atoms. The van der Waals surface area contributed by atoms with Crippen LogP contribution in [0.4, 0.5) is 8.78 Å². The van der Waals surface area contributed by atoms with E-state index >= 15 is 0 Å². The molecule has 27 heavy (non-hydrogen) atoms. The molecule has 0 saturated heterocycles. The number of rotatable bonds is 8. The van der Waals surface area contributed by atoms with Gasteiger partial charge in [-0.1, -0.05) is 6.07 Å². The summed E-state index contributed by atoms with van der Waals surface area (Å²) in [5, 5.41) is 2.91. The summed E-state index contributed by atoms with van der Waals surface area (Å²) in [5.74, 6) is -1.48. The molecule has 0 unspecified atom stereocenters. The Balaban J connectivity index is 1.40. The van der Waals surface area contributed by atoms with Crippen LogP contribution in [0.1, 0.15) is 36.0 Å². The molecule has 3 rings (SSSR count). The molecule has 1 N–H and O–H groups in total. The second-order valence-corrected chi connectivity index (χ2v) is 8.53. The summed E-state index contributed by atoms with van der Waals surface area (Å²) in [6, 6.07) is 11.1. The van der Waals surface area contributed by atoms with Gasteiger partial charge in [-0.15, -0.1) is 0 Å². The number of hydrogen-bond donors (Lipinski definition) is 1. The van der Waals surface area contributed by atoms with Crippen LogP contribution in [-0.2, 0) is 6.54 Å². The first-order valence-corrected chi connectivity index (χ1v) is 10.5. The molecule has 0 radical (unpaired) electrons. The standard InChI is InChI=1S/C20H20F2N2O2Se/c21-15-12-16(22)18-17(13-15)27-24(20(18)26)11-7-2-1-6-10-23-19(25)14-8-4-3-5-9-14/h3-5,8-9,12-13H,1-2,6-7,10-11H2,(H,23,25). The summed E-state index contributed by atoms with van der Waals surface area (Å²) >= 11 is -0.362. The van der Waals surface area contributed by atoms with Crippen LogP contribution in [0.2, 0.25) is 0 Å². The molecule has 0 aliphatic carbocycles. The Hall–Kier alpha value is -2.24. The molecule has 0 saturated carbocycles. The predicted octanol–water partition coefficient (Wildman–Crippen LogP) is 3.33. The Morgan fingerprint density at radius 3 is 2.56 bits per heavy atom. The summed E-state index contributed by atoms with van der Waals surface area (Å²) in [7, 11) is 0. The quantitative estimate of drug-likeness (QED) is 0.434. The van der Waals surface area contributed by atoms with E-state index in [1.54, 1.807) is 15.7 Å². The molecule has 0 bridgehead atoms. The number of carbonyl (C=O) groups is 1. The van der Waals surface area contributed by atoms with E-state index in [2.05, 4.69) is 5.32 Å². The van der Waals surface area contributed by atoms with Crippen LogP contribution in [-0.4, -0.2) is 30.7 Å². The van der Waals surface area contributed by atoms with E-state index in [4.69, 9.17) is 0 Å². The van der Waals surface area contributed by atoms with Crippen molar-refractivity contribution in [2.45, 2.75) is 32.2 Å². The number of halogens is 2. The Bertz CT molecular complexity index is 983. The Morgan fingerprint density at radius 1 is 1.04 bits per heavy atom. The number of aryl methyl sites for hydroxylation is 1. The van der Waals surface area contributed by atoms with Gasteiger partial charge in [0.05, 0.1) is 0 Å². The summed E-state index contributed by atoms with van der Waals surface area (Å²) in [4.78, 5) is 24.1. The SMILES string of the molecule is O=C(NCCCCCCn1[se]c2cc(F)cc(F)c2c1=O)c1ccccc1. The van der Waals surface area contributed by atoms with Gasteiger partial charge in [0.25, 0.3) is 0 Å². The van der Waals surface area contributed by atoms with E-state index in [1.165, 1.54) is 6.07 Å². The fraction of sp³-hybridized carbons (Fsp3) is 0.300. The van der Waals surface area contributed by atoms with Crippen molar-refractivity contribution < 1.29 is 13.6 Å². The van der Waals surface area contributed by atoms with E-state index in [0.29, 0.717) is 22.9 Å². The van der Waals surface area contributed by atoms with Crippen molar-refractivity contribution in [3.63, 3.8) is 0 Å². The molecule has 0 fully saturated rings. The van der Waals surface area contributed by atoms with Gasteiger partial charge in [-0.25, -0.2) is 0 Å². The maximum absolute atomic E-state index is 13.8. The van der Waals surface area contributed by atoms with Gasteiger partial charge in [-0.05, 0) is 0 Å². The van der Waals surface area contributed by atoms with Crippen molar-refractivity contribution >= 4 is 30.3 Å². The fourth-order valence-electron chi connectivity index (χ4n) is 2.89. The zero-order chi connectivity index (χ0) is 19.2. The predicted molar refractivity (Wildman–Crippen MR) is 102 cm³/mol. The van der Waals surface area contributed by atoms with Crippen molar-refractivity contribution in [1.29, 1.82) is 0 Å². The molecule has 0 aliphatic heterocycles. The van der Waals surface area contributed by atoms with Gasteiger partial charge in [-0.2, -0.15) is 0 Å². The number of nitrogens with zero attached hydrogens (tertiary/aromatic N) is 1. The van der Waals surface area contributed by atoms with E-state index in [-0.39, 0.29) is 31.6 Å². The van der Waals surface area contributed by atoms with Crippen LogP contribution in [0.3, 0.4) is 0 Å². The average Bonchev–Trinajstić information content (AvgIpc) is 2.97. The molecule has 1 amide bonds. The minimum atomic E-state index is -0.770. The molecule has 3 aromatic rings. The molecule has 1 aromatic heterocycles. The van der Waals surface area contributed by atoms with Crippen LogP contribution in [0, 0.1) is 11.6 Å². The molecule has 0 atom stereocenters. The number of hydrogen-bond acceptors (Lipinski definition) is 2. The monoisotopic (exact) mass is 438 g/mol. The average molecular weight is 437 g/mol. The molecule has 142 valence electrons. The first-order valence-electron chi connectivity index (χ1n) is 8.88. The Morgan fingerprint density at radius 2 is 1.78 bits per heavy atom. The van der Waals surface area contributed by atoms with Crippen LogP contribution >= 0.6 is 0 Å². The molecule has 7 heteroatoms.